The Labute approximate surface area is 156 Å². The lowest BCUT2D eigenvalue weighted by Gasteiger charge is -2.16. The van der Waals surface area contributed by atoms with E-state index in [0.717, 1.165) is 26.7 Å². The molecule has 0 N–H and O–H groups in total. The SMILES string of the molecule is COc1cc(COc2ccc(C)c3c2C(=O)C[C@H]3C)c(OC)cc1Br. The summed E-state index contributed by atoms with van der Waals surface area (Å²) < 4.78 is 17.6. The molecule has 25 heavy (non-hydrogen) atoms. The van der Waals surface area contributed by atoms with Crippen molar-refractivity contribution in [3.05, 3.63) is 51.0 Å². The van der Waals surface area contributed by atoms with Crippen LogP contribution in [0.4, 0.5) is 0 Å². The first-order valence-electron chi connectivity index (χ1n) is 8.16. The molecule has 0 saturated carbocycles. The van der Waals surface area contributed by atoms with Crippen LogP contribution in [0.2, 0.25) is 0 Å². The van der Waals surface area contributed by atoms with Gasteiger partial charge in [-0.1, -0.05) is 13.0 Å². The molecule has 0 heterocycles. The van der Waals surface area contributed by atoms with Crippen molar-refractivity contribution in [2.45, 2.75) is 32.8 Å². The van der Waals surface area contributed by atoms with E-state index >= 15 is 0 Å². The third-order valence-electron chi connectivity index (χ3n) is 4.63. The summed E-state index contributed by atoms with van der Waals surface area (Å²) in [7, 11) is 3.23. The molecule has 0 unspecified atom stereocenters. The Bertz CT molecular complexity index is 829. The highest BCUT2D eigenvalue weighted by Crippen LogP contribution is 2.41. The highest BCUT2D eigenvalue weighted by Gasteiger charge is 2.31. The molecule has 4 nitrogen and oxygen atoms in total. The minimum atomic E-state index is 0.154. The first kappa shape index (κ1) is 17.8. The topological polar surface area (TPSA) is 44.8 Å². The van der Waals surface area contributed by atoms with E-state index in [1.54, 1.807) is 14.2 Å². The van der Waals surface area contributed by atoms with Gasteiger partial charge in [0.2, 0.25) is 0 Å². The van der Waals surface area contributed by atoms with Crippen molar-refractivity contribution >= 4 is 21.7 Å². The molecule has 5 heteroatoms. The Kier molecular flexibility index (Phi) is 5.04. The molecule has 1 aliphatic carbocycles. The van der Waals surface area contributed by atoms with Crippen molar-refractivity contribution in [3.63, 3.8) is 0 Å². The Morgan fingerprint density at radius 2 is 1.84 bits per heavy atom. The van der Waals surface area contributed by atoms with E-state index in [1.165, 1.54) is 0 Å². The van der Waals surface area contributed by atoms with Crippen molar-refractivity contribution in [2.24, 2.45) is 0 Å². The highest BCUT2D eigenvalue weighted by atomic mass is 79.9. The van der Waals surface area contributed by atoms with Crippen LogP contribution in [-0.2, 0) is 6.61 Å². The van der Waals surface area contributed by atoms with E-state index in [2.05, 4.69) is 22.9 Å². The Balaban J connectivity index is 1.92. The maximum atomic E-state index is 12.4. The van der Waals surface area contributed by atoms with Gasteiger partial charge >= 0.3 is 0 Å². The number of halogens is 1. The summed E-state index contributed by atoms with van der Waals surface area (Å²) in [5.41, 5.74) is 3.84. The van der Waals surface area contributed by atoms with Crippen molar-refractivity contribution in [3.8, 4) is 17.2 Å². The second-order valence-electron chi connectivity index (χ2n) is 6.28. The van der Waals surface area contributed by atoms with Gasteiger partial charge in [-0.3, -0.25) is 4.79 Å². The fourth-order valence-electron chi connectivity index (χ4n) is 3.42. The lowest BCUT2D eigenvalue weighted by atomic mass is 9.97. The largest absolute Gasteiger partial charge is 0.496 e. The van der Waals surface area contributed by atoms with E-state index < -0.39 is 0 Å². The number of ether oxygens (including phenoxy) is 3. The van der Waals surface area contributed by atoms with Gasteiger partial charge in [-0.05, 0) is 58.1 Å². The van der Waals surface area contributed by atoms with E-state index in [-0.39, 0.29) is 11.7 Å². The first-order valence-corrected chi connectivity index (χ1v) is 8.95. The number of Topliss-reactive ketones (excluding diaryl/α,β-unsaturated/α-hetero) is 1. The number of ketones is 1. The monoisotopic (exact) mass is 404 g/mol. The van der Waals surface area contributed by atoms with Gasteiger partial charge in [-0.15, -0.1) is 0 Å². The van der Waals surface area contributed by atoms with Crippen molar-refractivity contribution < 1.29 is 19.0 Å². The smallest absolute Gasteiger partial charge is 0.167 e. The second-order valence-corrected chi connectivity index (χ2v) is 7.14. The minimum absolute atomic E-state index is 0.154. The van der Waals surface area contributed by atoms with Crippen LogP contribution < -0.4 is 14.2 Å². The van der Waals surface area contributed by atoms with Gasteiger partial charge in [0.1, 0.15) is 23.9 Å². The van der Waals surface area contributed by atoms with Crippen LogP contribution in [0.5, 0.6) is 17.2 Å². The standard InChI is InChI=1S/C20H21BrO4/c1-11-5-6-16(20-15(22)7-12(2)19(11)20)25-10-13-8-18(24-4)14(21)9-17(13)23-3/h5-6,8-9,12H,7,10H2,1-4H3/t12-/m1/s1. The quantitative estimate of drug-likeness (QED) is 0.699. The number of hydrogen-bond acceptors (Lipinski definition) is 4. The molecular weight excluding hydrogens is 384 g/mol. The van der Waals surface area contributed by atoms with Crippen LogP contribution in [0, 0.1) is 6.92 Å². The maximum Gasteiger partial charge on any atom is 0.167 e. The fourth-order valence-corrected chi connectivity index (χ4v) is 3.91. The van der Waals surface area contributed by atoms with Gasteiger partial charge in [0.15, 0.2) is 5.78 Å². The summed E-state index contributed by atoms with van der Waals surface area (Å²) >= 11 is 3.45. The number of hydrogen-bond donors (Lipinski definition) is 0. The molecule has 0 fully saturated rings. The van der Waals surface area contributed by atoms with Gasteiger partial charge in [-0.25, -0.2) is 0 Å². The van der Waals surface area contributed by atoms with Gasteiger partial charge < -0.3 is 14.2 Å². The molecule has 0 aromatic heterocycles. The number of rotatable bonds is 5. The van der Waals surface area contributed by atoms with Crippen LogP contribution in [0.15, 0.2) is 28.7 Å². The molecule has 1 aliphatic rings. The Hall–Kier alpha value is -2.01. The summed E-state index contributed by atoms with van der Waals surface area (Å²) in [6, 6.07) is 7.63. The normalized spacial score (nSPS) is 15.9. The van der Waals surface area contributed by atoms with Gasteiger partial charge in [0, 0.05) is 12.0 Å². The molecule has 0 bridgehead atoms. The molecule has 2 aromatic rings. The zero-order chi connectivity index (χ0) is 18.1. The lowest BCUT2D eigenvalue weighted by Crippen LogP contribution is -2.04. The third kappa shape index (κ3) is 3.25. The predicted octanol–water partition coefficient (Wildman–Crippen LogP) is 5.04. The predicted molar refractivity (Wildman–Crippen MR) is 100 cm³/mol. The summed E-state index contributed by atoms with van der Waals surface area (Å²) in [6.45, 7) is 4.42. The fraction of sp³-hybridized carbons (Fsp3) is 0.350. The molecule has 0 aliphatic heterocycles. The molecule has 0 spiro atoms. The number of benzene rings is 2. The molecule has 0 amide bonds. The maximum absolute atomic E-state index is 12.4. The van der Waals surface area contributed by atoms with Gasteiger partial charge in [-0.2, -0.15) is 0 Å². The molecule has 3 rings (SSSR count). The number of aryl methyl sites for hydroxylation is 1. The highest BCUT2D eigenvalue weighted by molar-refractivity contribution is 9.10. The number of carbonyl (C=O) groups excluding carboxylic acids is 1. The third-order valence-corrected chi connectivity index (χ3v) is 5.25. The average molecular weight is 405 g/mol. The second kappa shape index (κ2) is 7.08. The molecular formula is C20H21BrO4. The summed E-state index contributed by atoms with van der Waals surface area (Å²) in [5.74, 6) is 2.45. The summed E-state index contributed by atoms with van der Waals surface area (Å²) in [4.78, 5) is 12.4. The molecule has 132 valence electrons. The van der Waals surface area contributed by atoms with Gasteiger partial charge in [0.25, 0.3) is 0 Å². The molecule has 0 radical (unpaired) electrons. The van der Waals surface area contributed by atoms with Crippen molar-refractivity contribution in [1.29, 1.82) is 0 Å². The van der Waals surface area contributed by atoms with E-state index in [1.807, 2.05) is 31.2 Å². The van der Waals surface area contributed by atoms with Crippen LogP contribution in [0.3, 0.4) is 0 Å². The average Bonchev–Trinajstić information content (AvgIpc) is 2.90. The zero-order valence-corrected chi connectivity index (χ0v) is 16.4. The minimum Gasteiger partial charge on any atom is -0.496 e. The Morgan fingerprint density at radius 3 is 2.52 bits per heavy atom. The lowest BCUT2D eigenvalue weighted by molar-refractivity contribution is 0.0986. The number of carbonyl (C=O) groups is 1. The van der Waals surface area contributed by atoms with Crippen LogP contribution in [0.1, 0.15) is 46.3 Å². The zero-order valence-electron chi connectivity index (χ0n) is 14.8. The van der Waals surface area contributed by atoms with Gasteiger partial charge in [0.05, 0.1) is 24.3 Å². The van der Waals surface area contributed by atoms with Crippen LogP contribution in [-0.4, -0.2) is 20.0 Å². The number of fused-ring (bicyclic) bond motifs is 1. The number of methoxy groups -OCH3 is 2. The molecule has 2 aromatic carbocycles. The molecule has 1 atom stereocenters. The van der Waals surface area contributed by atoms with Crippen LogP contribution >= 0.6 is 15.9 Å². The first-order chi connectivity index (χ1) is 12.0. The summed E-state index contributed by atoms with van der Waals surface area (Å²) in [5, 5.41) is 0. The van der Waals surface area contributed by atoms with E-state index in [0.29, 0.717) is 30.3 Å². The van der Waals surface area contributed by atoms with E-state index in [4.69, 9.17) is 14.2 Å². The Morgan fingerprint density at radius 1 is 1.12 bits per heavy atom. The summed E-state index contributed by atoms with van der Waals surface area (Å²) in [6.07, 6.45) is 0.548. The van der Waals surface area contributed by atoms with Crippen LogP contribution in [0.25, 0.3) is 0 Å². The van der Waals surface area contributed by atoms with E-state index in [9.17, 15) is 4.79 Å². The van der Waals surface area contributed by atoms with Crippen molar-refractivity contribution in [1.82, 2.24) is 0 Å². The molecule has 0 saturated heterocycles. The van der Waals surface area contributed by atoms with Crippen molar-refractivity contribution in [2.75, 3.05) is 14.2 Å².